The van der Waals surface area contributed by atoms with Crippen molar-refractivity contribution < 1.29 is 17.9 Å². The number of hydrogen-bond donors (Lipinski definition) is 0. The smallest absolute Gasteiger partial charge is 0.177 e. The maximum atomic E-state index is 14.7. The summed E-state index contributed by atoms with van der Waals surface area (Å²) in [6.45, 7) is 0.460. The summed E-state index contributed by atoms with van der Waals surface area (Å²) in [5, 5.41) is 0. The second kappa shape index (κ2) is 9.02. The molecule has 0 aliphatic heterocycles. The lowest BCUT2D eigenvalue weighted by atomic mass is 10.1. The SMILES string of the molecule is C#Cc1c(F)c(F)c(CCN(C)C)c(SCc2ccc(OC)cc2)c1F. The molecule has 0 N–H and O–H groups in total. The number of nitrogens with zero attached hydrogens (tertiary/aromatic N) is 1. The largest absolute Gasteiger partial charge is 0.497 e. The van der Waals surface area contributed by atoms with E-state index >= 15 is 0 Å². The molecule has 2 nitrogen and oxygen atoms in total. The molecule has 6 heteroatoms. The van der Waals surface area contributed by atoms with Gasteiger partial charge in [-0.25, -0.2) is 13.2 Å². The predicted molar refractivity (Wildman–Crippen MR) is 99.1 cm³/mol. The fraction of sp³-hybridized carbons (Fsp3) is 0.300. The molecule has 0 fully saturated rings. The van der Waals surface area contributed by atoms with Crippen LogP contribution in [0.15, 0.2) is 29.2 Å². The second-order valence-corrected chi connectivity index (χ2v) is 6.94. The van der Waals surface area contributed by atoms with Gasteiger partial charge >= 0.3 is 0 Å². The summed E-state index contributed by atoms with van der Waals surface area (Å²) in [6.07, 6.45) is 5.36. The van der Waals surface area contributed by atoms with Crippen molar-refractivity contribution >= 4 is 11.8 Å². The number of ether oxygens (including phenoxy) is 1. The molecule has 0 radical (unpaired) electrons. The van der Waals surface area contributed by atoms with Crippen molar-refractivity contribution in [1.29, 1.82) is 0 Å². The molecule has 0 spiro atoms. The van der Waals surface area contributed by atoms with Crippen LogP contribution < -0.4 is 4.74 Å². The molecule has 0 aliphatic carbocycles. The molecule has 0 amide bonds. The zero-order chi connectivity index (χ0) is 19.3. The van der Waals surface area contributed by atoms with Gasteiger partial charge in [0, 0.05) is 17.9 Å². The topological polar surface area (TPSA) is 12.5 Å². The van der Waals surface area contributed by atoms with E-state index in [-0.39, 0.29) is 16.9 Å². The van der Waals surface area contributed by atoms with Gasteiger partial charge in [-0.3, -0.25) is 0 Å². The molecule has 138 valence electrons. The summed E-state index contributed by atoms with van der Waals surface area (Å²) < 4.78 is 48.4. The fourth-order valence-corrected chi connectivity index (χ4v) is 3.50. The Bertz CT molecular complexity index is 814. The van der Waals surface area contributed by atoms with E-state index in [9.17, 15) is 13.2 Å². The molecular weight excluding hydrogens is 359 g/mol. The number of benzene rings is 2. The number of halogens is 3. The molecule has 0 saturated heterocycles. The highest BCUT2D eigenvalue weighted by Gasteiger charge is 2.24. The number of terminal acetylenes is 1. The van der Waals surface area contributed by atoms with Gasteiger partial charge in [0.25, 0.3) is 0 Å². The zero-order valence-corrected chi connectivity index (χ0v) is 15.7. The van der Waals surface area contributed by atoms with E-state index in [0.29, 0.717) is 18.0 Å². The number of likely N-dealkylation sites (N-methyl/N-ethyl adjacent to an activating group) is 1. The Kier molecular flexibility index (Phi) is 7.01. The predicted octanol–water partition coefficient (Wildman–Crippen LogP) is 4.49. The highest BCUT2D eigenvalue weighted by atomic mass is 32.2. The normalized spacial score (nSPS) is 10.8. The lowest BCUT2D eigenvalue weighted by Gasteiger charge is -2.16. The van der Waals surface area contributed by atoms with E-state index < -0.39 is 23.0 Å². The van der Waals surface area contributed by atoms with Crippen LogP contribution in [0.5, 0.6) is 5.75 Å². The van der Waals surface area contributed by atoms with Crippen LogP contribution in [0, 0.1) is 29.8 Å². The molecule has 26 heavy (non-hydrogen) atoms. The first kappa shape index (κ1) is 20.2. The van der Waals surface area contributed by atoms with Gasteiger partial charge in [-0.15, -0.1) is 18.2 Å². The van der Waals surface area contributed by atoms with Crippen molar-refractivity contribution in [2.45, 2.75) is 17.1 Å². The van der Waals surface area contributed by atoms with Gasteiger partial charge in [-0.1, -0.05) is 18.1 Å². The van der Waals surface area contributed by atoms with Crippen molar-refractivity contribution in [3.63, 3.8) is 0 Å². The van der Waals surface area contributed by atoms with Gasteiger partial charge in [0.15, 0.2) is 17.5 Å². The van der Waals surface area contributed by atoms with Crippen LogP contribution >= 0.6 is 11.8 Å². The zero-order valence-electron chi connectivity index (χ0n) is 14.9. The van der Waals surface area contributed by atoms with Crippen molar-refractivity contribution in [2.24, 2.45) is 0 Å². The number of hydrogen-bond acceptors (Lipinski definition) is 3. The molecule has 2 aromatic carbocycles. The molecule has 0 aromatic heterocycles. The Morgan fingerprint density at radius 2 is 1.73 bits per heavy atom. The number of rotatable bonds is 7. The van der Waals surface area contributed by atoms with E-state index in [1.165, 1.54) is 0 Å². The Balaban J connectivity index is 2.37. The van der Waals surface area contributed by atoms with E-state index in [4.69, 9.17) is 11.2 Å². The summed E-state index contributed by atoms with van der Waals surface area (Å²) in [4.78, 5) is 1.89. The Labute approximate surface area is 156 Å². The standard InChI is InChI=1S/C20H20F3NOS/c1-5-15-17(21)18(22)16(10-11-24(2)3)20(19(15)23)26-12-13-6-8-14(25-4)9-7-13/h1,6-9H,10-12H2,2-4H3. The molecule has 0 heterocycles. The third-order valence-corrected chi connectivity index (χ3v) is 5.06. The Hall–Kier alpha value is -2.10. The molecule has 2 aromatic rings. The first-order valence-electron chi connectivity index (χ1n) is 7.95. The first-order chi connectivity index (χ1) is 12.4. The van der Waals surface area contributed by atoms with Crippen LogP contribution in [0.3, 0.4) is 0 Å². The molecule has 0 bridgehead atoms. The van der Waals surface area contributed by atoms with Crippen LogP contribution in [0.1, 0.15) is 16.7 Å². The number of thioether (sulfide) groups is 1. The van der Waals surface area contributed by atoms with E-state index in [0.717, 1.165) is 17.3 Å². The average molecular weight is 379 g/mol. The van der Waals surface area contributed by atoms with Gasteiger partial charge in [-0.05, 0) is 38.2 Å². The minimum Gasteiger partial charge on any atom is -0.497 e. The van der Waals surface area contributed by atoms with Crippen LogP contribution in [0.2, 0.25) is 0 Å². The van der Waals surface area contributed by atoms with E-state index in [2.05, 4.69) is 0 Å². The first-order valence-corrected chi connectivity index (χ1v) is 8.94. The van der Waals surface area contributed by atoms with Crippen molar-refractivity contribution in [1.82, 2.24) is 4.90 Å². The van der Waals surface area contributed by atoms with Crippen LogP contribution in [-0.4, -0.2) is 32.6 Å². The average Bonchev–Trinajstić information content (AvgIpc) is 2.63. The van der Waals surface area contributed by atoms with Gasteiger partial charge in [0.1, 0.15) is 5.75 Å². The molecule has 0 aliphatic rings. The van der Waals surface area contributed by atoms with Crippen LogP contribution in [-0.2, 0) is 12.2 Å². The van der Waals surface area contributed by atoms with E-state index in [1.54, 1.807) is 19.2 Å². The third kappa shape index (κ3) is 4.54. The molecule has 2 rings (SSSR count). The lowest BCUT2D eigenvalue weighted by molar-refractivity contribution is 0.401. The van der Waals surface area contributed by atoms with Crippen LogP contribution in [0.4, 0.5) is 13.2 Å². The molecule has 0 atom stereocenters. The highest BCUT2D eigenvalue weighted by Crippen LogP contribution is 2.35. The highest BCUT2D eigenvalue weighted by molar-refractivity contribution is 7.98. The van der Waals surface area contributed by atoms with Gasteiger partial charge in [0.05, 0.1) is 17.6 Å². The quantitative estimate of drug-likeness (QED) is 0.400. The maximum absolute atomic E-state index is 14.7. The minimum atomic E-state index is -1.30. The molecule has 0 unspecified atom stereocenters. The van der Waals surface area contributed by atoms with Crippen LogP contribution in [0.25, 0.3) is 0 Å². The summed E-state index contributed by atoms with van der Waals surface area (Å²) in [5.41, 5.74) is 0.264. The van der Waals surface area contributed by atoms with Gasteiger partial charge in [0.2, 0.25) is 0 Å². The second-order valence-electron chi connectivity index (χ2n) is 5.96. The van der Waals surface area contributed by atoms with Crippen molar-refractivity contribution in [3.05, 3.63) is 58.4 Å². The minimum absolute atomic E-state index is 0.0196. The third-order valence-electron chi connectivity index (χ3n) is 3.87. The summed E-state index contributed by atoms with van der Waals surface area (Å²) in [7, 11) is 5.19. The Morgan fingerprint density at radius 1 is 1.08 bits per heavy atom. The van der Waals surface area contributed by atoms with Gasteiger partial charge in [-0.2, -0.15) is 0 Å². The van der Waals surface area contributed by atoms with Gasteiger partial charge < -0.3 is 9.64 Å². The van der Waals surface area contributed by atoms with Crippen molar-refractivity contribution in [2.75, 3.05) is 27.7 Å². The summed E-state index contributed by atoms with van der Waals surface area (Å²) in [5.74, 6) is -0.225. The van der Waals surface area contributed by atoms with E-state index in [1.807, 2.05) is 37.0 Å². The maximum Gasteiger partial charge on any atom is 0.177 e. The molecular formula is C20H20F3NOS. The fourth-order valence-electron chi connectivity index (χ4n) is 2.40. The summed E-state index contributed by atoms with van der Waals surface area (Å²) in [6, 6.07) is 7.26. The monoisotopic (exact) mass is 379 g/mol. The Morgan fingerprint density at radius 3 is 2.27 bits per heavy atom. The van der Waals surface area contributed by atoms with Crippen molar-refractivity contribution in [3.8, 4) is 18.1 Å². The number of methoxy groups -OCH3 is 1. The summed E-state index contributed by atoms with van der Waals surface area (Å²) >= 11 is 1.11. The molecule has 0 saturated carbocycles. The lowest BCUT2D eigenvalue weighted by Crippen LogP contribution is -2.17.